The summed E-state index contributed by atoms with van der Waals surface area (Å²) in [6.45, 7) is 2.07. The van der Waals surface area contributed by atoms with Crippen LogP contribution in [-0.4, -0.2) is 11.1 Å². The number of hydrogen-bond donors (Lipinski definition) is 1. The van der Waals surface area contributed by atoms with Crippen molar-refractivity contribution in [1.82, 2.24) is 0 Å². The largest absolute Gasteiger partial charge is 0.481 e. The molecule has 1 aliphatic carbocycles. The Balaban J connectivity index is 2.33. The van der Waals surface area contributed by atoms with Crippen molar-refractivity contribution in [2.75, 3.05) is 0 Å². The first kappa shape index (κ1) is 6.59. The van der Waals surface area contributed by atoms with Gasteiger partial charge in [0.2, 0.25) is 0 Å². The van der Waals surface area contributed by atoms with Gasteiger partial charge in [-0.1, -0.05) is 6.92 Å². The van der Waals surface area contributed by atoms with Crippen LogP contribution in [0.3, 0.4) is 0 Å². The molecule has 0 radical (unpaired) electrons. The summed E-state index contributed by atoms with van der Waals surface area (Å²) in [6.07, 6.45) is 3.65. The van der Waals surface area contributed by atoms with Gasteiger partial charge in [-0.25, -0.2) is 0 Å². The van der Waals surface area contributed by atoms with Crippen molar-refractivity contribution in [1.29, 1.82) is 0 Å². The van der Waals surface area contributed by atoms with Gasteiger partial charge in [0, 0.05) is 0 Å². The number of carboxylic acids is 1. The van der Waals surface area contributed by atoms with Crippen LogP contribution < -0.4 is 0 Å². The molecule has 0 atom stereocenters. The molecule has 0 spiro atoms. The summed E-state index contributed by atoms with van der Waals surface area (Å²) < 4.78 is 0. The molecule has 52 valence electrons. The highest BCUT2D eigenvalue weighted by Gasteiger charge is 2.42. The van der Waals surface area contributed by atoms with Crippen LogP contribution >= 0.6 is 0 Å². The van der Waals surface area contributed by atoms with Crippen molar-refractivity contribution in [3.63, 3.8) is 0 Å². The molecule has 1 N–H and O–H groups in total. The summed E-state index contributed by atoms with van der Waals surface area (Å²) in [5.74, 6) is -0.644. The van der Waals surface area contributed by atoms with Crippen molar-refractivity contribution in [2.24, 2.45) is 5.41 Å². The minimum Gasteiger partial charge on any atom is -0.481 e. The second kappa shape index (κ2) is 2.01. The third kappa shape index (κ3) is 1.44. The average Bonchev–Trinajstić information content (AvgIpc) is 2.48. The Kier molecular flexibility index (Phi) is 1.47. The lowest BCUT2D eigenvalue weighted by Gasteiger charge is -2.05. The molecular formula is C7H12O2. The Hall–Kier alpha value is -0.530. The standard InChI is InChI=1S/C7H12O2/c1-2-7(3-4-7)5-6(8)9/h2-5H2,1H3,(H,8,9). The van der Waals surface area contributed by atoms with Crippen LogP contribution in [0.2, 0.25) is 0 Å². The van der Waals surface area contributed by atoms with Crippen LogP contribution in [-0.2, 0) is 4.79 Å². The molecule has 2 heteroatoms. The topological polar surface area (TPSA) is 37.3 Å². The van der Waals surface area contributed by atoms with E-state index in [0.29, 0.717) is 6.42 Å². The van der Waals surface area contributed by atoms with Crippen LogP contribution in [0.5, 0.6) is 0 Å². The number of rotatable bonds is 3. The molecule has 0 unspecified atom stereocenters. The van der Waals surface area contributed by atoms with Gasteiger partial charge in [-0.05, 0) is 24.7 Å². The van der Waals surface area contributed by atoms with Gasteiger partial charge in [0.25, 0.3) is 0 Å². The number of carboxylic acid groups (broad SMARTS) is 1. The van der Waals surface area contributed by atoms with E-state index in [1.54, 1.807) is 0 Å². The fourth-order valence-corrected chi connectivity index (χ4v) is 1.15. The molecule has 1 saturated carbocycles. The van der Waals surface area contributed by atoms with E-state index in [1.807, 2.05) is 0 Å². The predicted octanol–water partition coefficient (Wildman–Crippen LogP) is 1.65. The summed E-state index contributed by atoms with van der Waals surface area (Å²) in [7, 11) is 0. The van der Waals surface area contributed by atoms with Crippen molar-refractivity contribution in [3.05, 3.63) is 0 Å². The van der Waals surface area contributed by atoms with E-state index in [1.165, 1.54) is 0 Å². The zero-order chi connectivity index (χ0) is 6.91. The van der Waals surface area contributed by atoms with Crippen molar-refractivity contribution in [3.8, 4) is 0 Å². The Labute approximate surface area is 54.9 Å². The van der Waals surface area contributed by atoms with Gasteiger partial charge in [0.1, 0.15) is 0 Å². The fraction of sp³-hybridized carbons (Fsp3) is 0.857. The van der Waals surface area contributed by atoms with Crippen molar-refractivity contribution in [2.45, 2.75) is 32.6 Å². The zero-order valence-corrected chi connectivity index (χ0v) is 5.68. The summed E-state index contributed by atoms with van der Waals surface area (Å²) in [5.41, 5.74) is 0.214. The third-order valence-electron chi connectivity index (χ3n) is 2.23. The van der Waals surface area contributed by atoms with E-state index in [0.717, 1.165) is 19.3 Å². The SMILES string of the molecule is CCC1(CC(=O)O)CC1. The predicted molar refractivity (Wildman–Crippen MR) is 34.2 cm³/mol. The molecule has 0 saturated heterocycles. The summed E-state index contributed by atoms with van der Waals surface area (Å²) in [4.78, 5) is 10.2. The van der Waals surface area contributed by atoms with Crippen LogP contribution in [0, 0.1) is 5.41 Å². The molecule has 0 heterocycles. The highest BCUT2D eigenvalue weighted by molar-refractivity contribution is 5.68. The van der Waals surface area contributed by atoms with Crippen LogP contribution in [0.25, 0.3) is 0 Å². The highest BCUT2D eigenvalue weighted by Crippen LogP contribution is 2.51. The summed E-state index contributed by atoms with van der Waals surface area (Å²) in [6, 6.07) is 0. The number of hydrogen-bond acceptors (Lipinski definition) is 1. The summed E-state index contributed by atoms with van der Waals surface area (Å²) in [5, 5.41) is 8.42. The van der Waals surface area contributed by atoms with E-state index < -0.39 is 5.97 Å². The van der Waals surface area contributed by atoms with Crippen molar-refractivity contribution < 1.29 is 9.90 Å². The molecule has 0 aromatic heterocycles. The van der Waals surface area contributed by atoms with Crippen LogP contribution in [0.4, 0.5) is 0 Å². The maximum absolute atomic E-state index is 10.2. The lowest BCUT2D eigenvalue weighted by Crippen LogP contribution is -2.06. The van der Waals surface area contributed by atoms with Crippen molar-refractivity contribution >= 4 is 5.97 Å². The van der Waals surface area contributed by atoms with Gasteiger partial charge >= 0.3 is 5.97 Å². The summed E-state index contributed by atoms with van der Waals surface area (Å²) >= 11 is 0. The van der Waals surface area contributed by atoms with Gasteiger partial charge in [-0.2, -0.15) is 0 Å². The van der Waals surface area contributed by atoms with E-state index >= 15 is 0 Å². The Morgan fingerprint density at radius 3 is 2.33 bits per heavy atom. The first-order valence-corrected chi connectivity index (χ1v) is 3.40. The normalized spacial score (nSPS) is 21.4. The molecular weight excluding hydrogens is 116 g/mol. The third-order valence-corrected chi connectivity index (χ3v) is 2.23. The van der Waals surface area contributed by atoms with Crippen LogP contribution in [0.15, 0.2) is 0 Å². The lowest BCUT2D eigenvalue weighted by molar-refractivity contribution is -0.138. The van der Waals surface area contributed by atoms with Gasteiger partial charge in [0.05, 0.1) is 6.42 Å². The highest BCUT2D eigenvalue weighted by atomic mass is 16.4. The average molecular weight is 128 g/mol. The second-order valence-electron chi connectivity index (χ2n) is 2.92. The first-order valence-electron chi connectivity index (χ1n) is 3.40. The molecule has 9 heavy (non-hydrogen) atoms. The Bertz CT molecular complexity index is 125. The monoisotopic (exact) mass is 128 g/mol. The quantitative estimate of drug-likeness (QED) is 0.627. The Morgan fingerprint density at radius 1 is 1.67 bits per heavy atom. The maximum Gasteiger partial charge on any atom is 0.303 e. The molecule has 1 rings (SSSR count). The molecule has 0 aromatic carbocycles. The first-order chi connectivity index (χ1) is 4.18. The molecule has 1 fully saturated rings. The molecule has 0 aromatic rings. The fourth-order valence-electron chi connectivity index (χ4n) is 1.15. The van der Waals surface area contributed by atoms with E-state index in [2.05, 4.69) is 6.92 Å². The number of aliphatic carboxylic acids is 1. The molecule has 1 aliphatic rings. The van der Waals surface area contributed by atoms with Gasteiger partial charge < -0.3 is 5.11 Å². The van der Waals surface area contributed by atoms with Crippen LogP contribution in [0.1, 0.15) is 32.6 Å². The molecule has 0 bridgehead atoms. The minimum atomic E-state index is -0.644. The second-order valence-corrected chi connectivity index (χ2v) is 2.92. The molecule has 0 aliphatic heterocycles. The van der Waals surface area contributed by atoms with Gasteiger partial charge in [-0.3, -0.25) is 4.79 Å². The molecule has 2 nitrogen and oxygen atoms in total. The zero-order valence-electron chi connectivity index (χ0n) is 5.68. The molecule has 0 amide bonds. The number of carbonyl (C=O) groups is 1. The maximum atomic E-state index is 10.2. The van der Waals surface area contributed by atoms with E-state index in [4.69, 9.17) is 5.11 Å². The smallest absolute Gasteiger partial charge is 0.303 e. The minimum absolute atomic E-state index is 0.214. The van der Waals surface area contributed by atoms with Gasteiger partial charge in [-0.15, -0.1) is 0 Å². The lowest BCUT2D eigenvalue weighted by atomic mass is 10.00. The Morgan fingerprint density at radius 2 is 2.22 bits per heavy atom. The van der Waals surface area contributed by atoms with E-state index in [9.17, 15) is 4.79 Å². The van der Waals surface area contributed by atoms with E-state index in [-0.39, 0.29) is 5.41 Å². The van der Waals surface area contributed by atoms with Gasteiger partial charge in [0.15, 0.2) is 0 Å².